The third-order valence-electron chi connectivity index (χ3n) is 6.16. The minimum Gasteiger partial charge on any atom is -0.485 e. The number of fused-ring (bicyclic) bond motifs is 2. The molecule has 3 aliphatic rings. The molecule has 0 bridgehead atoms. The van der Waals surface area contributed by atoms with E-state index >= 15 is 0 Å². The number of carbonyl (C=O) groups excluding carboxylic acids is 2. The summed E-state index contributed by atoms with van der Waals surface area (Å²) in [5, 5.41) is 12.0. The van der Waals surface area contributed by atoms with Gasteiger partial charge in [0.1, 0.15) is 18.1 Å². The van der Waals surface area contributed by atoms with Crippen molar-refractivity contribution in [3.63, 3.8) is 0 Å². The summed E-state index contributed by atoms with van der Waals surface area (Å²) in [6, 6.07) is -0.171. The van der Waals surface area contributed by atoms with Crippen molar-refractivity contribution in [2.75, 3.05) is 39.5 Å². The number of amides is 2. The molecule has 4 rings (SSSR count). The van der Waals surface area contributed by atoms with Crippen LogP contribution in [-0.4, -0.2) is 72.2 Å². The maximum absolute atomic E-state index is 13.4. The van der Waals surface area contributed by atoms with E-state index in [1.165, 1.54) is 11.3 Å². The van der Waals surface area contributed by atoms with Crippen LogP contribution in [0.5, 0.6) is 11.5 Å². The lowest BCUT2D eigenvalue weighted by Gasteiger charge is -2.54. The van der Waals surface area contributed by atoms with Gasteiger partial charge in [0.25, 0.3) is 5.91 Å². The molecule has 4 heterocycles. The van der Waals surface area contributed by atoms with E-state index in [2.05, 4.69) is 0 Å². The summed E-state index contributed by atoms with van der Waals surface area (Å²) >= 11 is 1.34. The number of piperidine rings is 2. The second-order valence-corrected chi connectivity index (χ2v) is 8.42. The van der Waals surface area contributed by atoms with Gasteiger partial charge >= 0.3 is 0 Å². The van der Waals surface area contributed by atoms with Gasteiger partial charge in [0.15, 0.2) is 11.5 Å². The highest BCUT2D eigenvalue weighted by Crippen LogP contribution is 2.45. The van der Waals surface area contributed by atoms with Crippen LogP contribution in [0, 0.1) is 5.41 Å². The van der Waals surface area contributed by atoms with Crippen LogP contribution in [0.3, 0.4) is 0 Å². The number of carbonyl (C=O) groups is 2. The molecule has 2 amide bonds. The molecular weight excluding hydrogens is 368 g/mol. The van der Waals surface area contributed by atoms with E-state index in [-0.39, 0.29) is 29.9 Å². The number of rotatable bonds is 3. The van der Waals surface area contributed by atoms with Crippen LogP contribution in [0.4, 0.5) is 0 Å². The Bertz CT molecular complexity index is 736. The van der Waals surface area contributed by atoms with Gasteiger partial charge in [0.05, 0.1) is 12.6 Å². The average Bonchev–Trinajstić information content (AvgIpc) is 3.15. The minimum atomic E-state index is -0.326. The third-order valence-corrected chi connectivity index (χ3v) is 7.08. The Kier molecular flexibility index (Phi) is 5.03. The zero-order valence-corrected chi connectivity index (χ0v) is 16.4. The molecule has 148 valence electrons. The van der Waals surface area contributed by atoms with Crippen molar-refractivity contribution in [1.82, 2.24) is 9.80 Å². The van der Waals surface area contributed by atoms with Crippen LogP contribution in [0.15, 0.2) is 5.38 Å². The lowest BCUT2D eigenvalue weighted by Crippen LogP contribution is -2.64. The van der Waals surface area contributed by atoms with Gasteiger partial charge in [-0.15, -0.1) is 11.3 Å². The summed E-state index contributed by atoms with van der Waals surface area (Å²) in [4.78, 5) is 29.9. The van der Waals surface area contributed by atoms with Crippen molar-refractivity contribution in [2.45, 2.75) is 38.6 Å². The lowest BCUT2D eigenvalue weighted by molar-refractivity contribution is -0.138. The fraction of sp³-hybridized carbons (Fsp3) is 0.684. The maximum atomic E-state index is 13.4. The molecule has 0 unspecified atom stereocenters. The standard InChI is InChI=1S/C19H26N2O5S/c1-2-15(23)20-7-5-19(12-22)4-3-6-21(14(19)10-20)18(24)17-16-13(11-27-17)25-8-9-26-16/h11,14,22H,2-10,12H2,1H3/t14-,19-/m0/s1. The number of aliphatic hydroxyl groups excluding tert-OH is 1. The summed E-state index contributed by atoms with van der Waals surface area (Å²) in [5.74, 6) is 1.19. The minimum absolute atomic E-state index is 0.0394. The van der Waals surface area contributed by atoms with Crippen molar-refractivity contribution in [2.24, 2.45) is 5.41 Å². The smallest absolute Gasteiger partial charge is 0.268 e. The summed E-state index contributed by atoms with van der Waals surface area (Å²) in [5.41, 5.74) is -0.326. The predicted octanol–water partition coefficient (Wildman–Crippen LogP) is 1.74. The number of aliphatic hydroxyl groups is 1. The Labute approximate surface area is 162 Å². The van der Waals surface area contributed by atoms with Gasteiger partial charge < -0.3 is 24.4 Å². The zero-order valence-electron chi connectivity index (χ0n) is 15.6. The highest BCUT2D eigenvalue weighted by molar-refractivity contribution is 7.12. The Morgan fingerprint density at radius 2 is 2.11 bits per heavy atom. The topological polar surface area (TPSA) is 79.3 Å². The molecule has 8 heteroatoms. The molecule has 1 aromatic heterocycles. The number of thiophene rings is 1. The molecule has 7 nitrogen and oxygen atoms in total. The second kappa shape index (κ2) is 7.31. The first kappa shape index (κ1) is 18.6. The summed E-state index contributed by atoms with van der Waals surface area (Å²) < 4.78 is 11.3. The molecule has 0 aromatic carbocycles. The Hall–Kier alpha value is -1.80. The van der Waals surface area contributed by atoms with Crippen LogP contribution in [-0.2, 0) is 4.79 Å². The van der Waals surface area contributed by atoms with Gasteiger partial charge in [-0.3, -0.25) is 9.59 Å². The van der Waals surface area contributed by atoms with Crippen molar-refractivity contribution in [1.29, 1.82) is 0 Å². The monoisotopic (exact) mass is 394 g/mol. The summed E-state index contributed by atoms with van der Waals surface area (Å²) in [7, 11) is 0. The van der Waals surface area contributed by atoms with Crippen LogP contribution >= 0.6 is 11.3 Å². The molecule has 0 aliphatic carbocycles. The van der Waals surface area contributed by atoms with Crippen molar-refractivity contribution in [3.8, 4) is 11.5 Å². The van der Waals surface area contributed by atoms with Gasteiger partial charge in [0, 0.05) is 36.9 Å². The first-order chi connectivity index (χ1) is 13.1. The van der Waals surface area contributed by atoms with E-state index < -0.39 is 0 Å². The molecular formula is C19H26N2O5S. The Morgan fingerprint density at radius 3 is 2.89 bits per heavy atom. The molecule has 2 saturated heterocycles. The highest BCUT2D eigenvalue weighted by Gasteiger charge is 2.50. The Morgan fingerprint density at radius 1 is 1.30 bits per heavy atom. The molecule has 0 radical (unpaired) electrons. The molecule has 27 heavy (non-hydrogen) atoms. The fourth-order valence-corrected chi connectivity index (χ4v) is 5.48. The van der Waals surface area contributed by atoms with E-state index in [4.69, 9.17) is 9.47 Å². The number of hydrogen-bond acceptors (Lipinski definition) is 6. The van der Waals surface area contributed by atoms with Gasteiger partial charge in [-0.05, 0) is 19.3 Å². The number of nitrogens with zero attached hydrogens (tertiary/aromatic N) is 2. The van der Waals surface area contributed by atoms with E-state index in [1.54, 1.807) is 0 Å². The maximum Gasteiger partial charge on any atom is 0.268 e. The molecule has 3 aliphatic heterocycles. The largest absolute Gasteiger partial charge is 0.485 e. The molecule has 1 aromatic rings. The quantitative estimate of drug-likeness (QED) is 0.845. The average molecular weight is 394 g/mol. The van der Waals surface area contributed by atoms with Crippen LogP contribution in [0.2, 0.25) is 0 Å². The van der Waals surface area contributed by atoms with E-state index in [1.807, 2.05) is 22.1 Å². The fourth-order valence-electron chi connectivity index (χ4n) is 4.59. The lowest BCUT2D eigenvalue weighted by atomic mass is 9.69. The first-order valence-electron chi connectivity index (χ1n) is 9.66. The van der Waals surface area contributed by atoms with Crippen molar-refractivity contribution in [3.05, 3.63) is 10.3 Å². The number of likely N-dealkylation sites (tertiary alicyclic amines) is 2. The number of hydrogen-bond donors (Lipinski definition) is 1. The van der Waals surface area contributed by atoms with Crippen LogP contribution in [0.25, 0.3) is 0 Å². The second-order valence-electron chi connectivity index (χ2n) is 7.54. The van der Waals surface area contributed by atoms with Crippen molar-refractivity contribution >= 4 is 23.2 Å². The third kappa shape index (κ3) is 3.08. The highest BCUT2D eigenvalue weighted by atomic mass is 32.1. The molecule has 0 saturated carbocycles. The van der Waals surface area contributed by atoms with Gasteiger partial charge in [-0.25, -0.2) is 0 Å². The summed E-state index contributed by atoms with van der Waals surface area (Å²) in [6.45, 7) is 4.60. The van der Waals surface area contributed by atoms with Gasteiger partial charge in [-0.2, -0.15) is 0 Å². The van der Waals surface area contributed by atoms with Gasteiger partial charge in [-0.1, -0.05) is 6.92 Å². The van der Waals surface area contributed by atoms with Crippen LogP contribution in [0.1, 0.15) is 42.3 Å². The molecule has 2 fully saturated rings. The normalized spacial score (nSPS) is 27.3. The number of ether oxygens (including phenoxy) is 2. The first-order valence-corrected chi connectivity index (χ1v) is 10.5. The molecule has 0 spiro atoms. The molecule has 1 N–H and O–H groups in total. The van der Waals surface area contributed by atoms with E-state index in [0.29, 0.717) is 55.6 Å². The van der Waals surface area contributed by atoms with E-state index in [0.717, 1.165) is 19.3 Å². The van der Waals surface area contributed by atoms with Crippen LogP contribution < -0.4 is 9.47 Å². The predicted molar refractivity (Wildman–Crippen MR) is 100 cm³/mol. The van der Waals surface area contributed by atoms with E-state index in [9.17, 15) is 14.7 Å². The zero-order chi connectivity index (χ0) is 19.0. The van der Waals surface area contributed by atoms with Crippen molar-refractivity contribution < 1.29 is 24.2 Å². The SMILES string of the molecule is CCC(=O)N1CC[C@]2(CO)CCCN(C(=O)c3scc4c3OCCO4)[C@H]2C1. The molecule has 2 atom stereocenters. The van der Waals surface area contributed by atoms with Gasteiger partial charge in [0.2, 0.25) is 5.91 Å². The summed E-state index contributed by atoms with van der Waals surface area (Å²) in [6.07, 6.45) is 2.92. The Balaban J connectivity index is 1.63.